The third-order valence-corrected chi connectivity index (χ3v) is 5.87. The molecule has 0 aliphatic heterocycles. The Labute approximate surface area is 171 Å². The van der Waals surface area contributed by atoms with Gasteiger partial charge in [0.05, 0.1) is 12.0 Å². The fourth-order valence-corrected chi connectivity index (χ4v) is 4.02. The van der Waals surface area contributed by atoms with Crippen LogP contribution in [-0.2, 0) is 14.8 Å². The van der Waals surface area contributed by atoms with Crippen molar-refractivity contribution in [2.75, 3.05) is 12.4 Å². The van der Waals surface area contributed by atoms with E-state index < -0.39 is 22.0 Å². The van der Waals surface area contributed by atoms with Gasteiger partial charge in [0.2, 0.25) is 15.9 Å². The Morgan fingerprint density at radius 1 is 1.14 bits per heavy atom. The van der Waals surface area contributed by atoms with Crippen molar-refractivity contribution in [2.45, 2.75) is 38.1 Å². The number of rotatable bonds is 8. The molecule has 0 bridgehead atoms. The van der Waals surface area contributed by atoms with Gasteiger partial charge in [-0.15, -0.1) is 0 Å². The molecule has 0 aliphatic carbocycles. The highest BCUT2D eigenvalue weighted by molar-refractivity contribution is 7.89. The number of hydrogen-bond donors (Lipinski definition) is 2. The van der Waals surface area contributed by atoms with Crippen molar-refractivity contribution < 1.29 is 17.9 Å². The molecule has 0 saturated heterocycles. The molecule has 2 aromatic rings. The smallest absolute Gasteiger partial charge is 0.242 e. The zero-order valence-corrected chi connectivity index (χ0v) is 17.9. The molecule has 0 aromatic heterocycles. The van der Waals surface area contributed by atoms with Crippen molar-refractivity contribution in [2.24, 2.45) is 5.92 Å². The van der Waals surface area contributed by atoms with Crippen LogP contribution in [0.3, 0.4) is 0 Å². The van der Waals surface area contributed by atoms with E-state index in [1.165, 1.54) is 19.2 Å². The molecule has 0 spiro atoms. The monoisotopic (exact) mass is 424 g/mol. The Kier molecular flexibility index (Phi) is 7.46. The molecule has 2 N–H and O–H groups in total. The number of halogens is 1. The number of aryl methyl sites for hydroxylation is 1. The summed E-state index contributed by atoms with van der Waals surface area (Å²) in [5.74, 6) is 0.220. The molecule has 8 heteroatoms. The van der Waals surface area contributed by atoms with Gasteiger partial charge in [-0.2, -0.15) is 4.72 Å². The van der Waals surface area contributed by atoms with E-state index >= 15 is 0 Å². The topological polar surface area (TPSA) is 84.5 Å². The number of nitrogens with one attached hydrogen (secondary N) is 2. The normalized spacial score (nSPS) is 12.6. The highest BCUT2D eigenvalue weighted by atomic mass is 35.5. The molecular weight excluding hydrogens is 400 g/mol. The second-order valence-electron chi connectivity index (χ2n) is 6.93. The third kappa shape index (κ3) is 5.95. The molecule has 6 nitrogen and oxygen atoms in total. The van der Waals surface area contributed by atoms with E-state index in [1.54, 1.807) is 30.3 Å². The van der Waals surface area contributed by atoms with E-state index in [0.29, 0.717) is 22.9 Å². The molecule has 0 aliphatic rings. The second-order valence-corrected chi connectivity index (χ2v) is 9.08. The Balaban J connectivity index is 2.24. The average molecular weight is 425 g/mol. The van der Waals surface area contributed by atoms with Crippen molar-refractivity contribution in [1.82, 2.24) is 4.72 Å². The summed E-state index contributed by atoms with van der Waals surface area (Å²) in [5, 5.41) is 3.26. The van der Waals surface area contributed by atoms with Gasteiger partial charge in [0.15, 0.2) is 0 Å². The largest absolute Gasteiger partial charge is 0.497 e. The van der Waals surface area contributed by atoms with Crippen LogP contribution in [0.15, 0.2) is 47.4 Å². The van der Waals surface area contributed by atoms with Crippen molar-refractivity contribution in [3.05, 3.63) is 53.1 Å². The van der Waals surface area contributed by atoms with E-state index in [9.17, 15) is 13.2 Å². The van der Waals surface area contributed by atoms with E-state index in [-0.39, 0.29) is 10.8 Å². The zero-order valence-electron chi connectivity index (χ0n) is 16.3. The maximum atomic E-state index is 12.8. The Hall–Kier alpha value is -2.09. The average Bonchev–Trinajstić information content (AvgIpc) is 2.63. The first kappa shape index (κ1) is 22.2. The van der Waals surface area contributed by atoms with Gasteiger partial charge in [-0.1, -0.05) is 31.5 Å². The van der Waals surface area contributed by atoms with Crippen LogP contribution in [0.1, 0.15) is 25.8 Å². The van der Waals surface area contributed by atoms with Gasteiger partial charge in [0.25, 0.3) is 0 Å². The highest BCUT2D eigenvalue weighted by Gasteiger charge is 2.27. The Bertz CT molecular complexity index is 928. The number of methoxy groups -OCH3 is 1. The lowest BCUT2D eigenvalue weighted by molar-refractivity contribution is -0.118. The number of carbonyl (C=O) groups excluding carboxylic acids is 1. The van der Waals surface area contributed by atoms with Gasteiger partial charge in [-0.25, -0.2) is 8.42 Å². The van der Waals surface area contributed by atoms with E-state index in [1.807, 2.05) is 20.8 Å². The predicted molar refractivity (Wildman–Crippen MR) is 111 cm³/mol. The standard InChI is InChI=1S/C20H25ClN2O4S/c1-13(2)11-19(20(24)22-18-12-15(21)6-5-14(18)3)23-28(25,26)17-9-7-16(27-4)8-10-17/h5-10,12-13,19,23H,11H2,1-4H3,(H,22,24)/t19-/m1/s1. The molecular formula is C20H25ClN2O4S. The SMILES string of the molecule is COc1ccc(S(=O)(=O)N[C@H](CC(C)C)C(=O)Nc2cc(Cl)ccc2C)cc1. The zero-order chi connectivity index (χ0) is 20.9. The van der Waals surface area contributed by atoms with Gasteiger partial charge >= 0.3 is 0 Å². The van der Waals surface area contributed by atoms with E-state index in [2.05, 4.69) is 10.0 Å². The van der Waals surface area contributed by atoms with Crippen LogP contribution < -0.4 is 14.8 Å². The number of hydrogen-bond acceptors (Lipinski definition) is 4. The van der Waals surface area contributed by atoms with Crippen LogP contribution in [0.4, 0.5) is 5.69 Å². The van der Waals surface area contributed by atoms with Crippen molar-refractivity contribution in [1.29, 1.82) is 0 Å². The lowest BCUT2D eigenvalue weighted by Gasteiger charge is -2.21. The number of anilines is 1. The number of sulfonamides is 1. The van der Waals surface area contributed by atoms with Gasteiger partial charge in [0, 0.05) is 10.7 Å². The number of carbonyl (C=O) groups is 1. The van der Waals surface area contributed by atoms with Crippen LogP contribution in [-0.4, -0.2) is 27.5 Å². The van der Waals surface area contributed by atoms with Crippen LogP contribution in [0, 0.1) is 12.8 Å². The summed E-state index contributed by atoms with van der Waals surface area (Å²) in [5.41, 5.74) is 1.38. The lowest BCUT2D eigenvalue weighted by Crippen LogP contribution is -2.44. The van der Waals surface area contributed by atoms with E-state index in [0.717, 1.165) is 5.56 Å². The molecule has 0 fully saturated rings. The molecule has 0 radical (unpaired) electrons. The minimum absolute atomic E-state index is 0.0637. The quantitative estimate of drug-likeness (QED) is 0.671. The summed E-state index contributed by atoms with van der Waals surface area (Å²) in [6, 6.07) is 10.2. The van der Waals surface area contributed by atoms with Gasteiger partial charge in [-0.3, -0.25) is 4.79 Å². The maximum Gasteiger partial charge on any atom is 0.242 e. The summed E-state index contributed by atoms with van der Waals surface area (Å²) in [6.45, 7) is 5.68. The Morgan fingerprint density at radius 2 is 1.79 bits per heavy atom. The summed E-state index contributed by atoms with van der Waals surface area (Å²) in [7, 11) is -2.38. The fraction of sp³-hybridized carbons (Fsp3) is 0.350. The number of amides is 1. The molecule has 0 unspecified atom stereocenters. The maximum absolute atomic E-state index is 12.8. The first-order chi connectivity index (χ1) is 13.1. The van der Waals surface area contributed by atoms with Crippen LogP contribution in [0.2, 0.25) is 5.02 Å². The first-order valence-electron chi connectivity index (χ1n) is 8.86. The van der Waals surface area contributed by atoms with Crippen molar-refractivity contribution in [3.8, 4) is 5.75 Å². The van der Waals surface area contributed by atoms with Gasteiger partial charge < -0.3 is 10.1 Å². The molecule has 2 aromatic carbocycles. The number of benzene rings is 2. The molecule has 28 heavy (non-hydrogen) atoms. The predicted octanol–water partition coefficient (Wildman–Crippen LogP) is 3.99. The minimum atomic E-state index is -3.88. The van der Waals surface area contributed by atoms with Crippen molar-refractivity contribution in [3.63, 3.8) is 0 Å². The molecule has 0 saturated carbocycles. The Morgan fingerprint density at radius 3 is 2.36 bits per heavy atom. The van der Waals surface area contributed by atoms with Crippen LogP contribution >= 0.6 is 11.6 Å². The molecule has 0 heterocycles. The third-order valence-electron chi connectivity index (χ3n) is 4.15. The van der Waals surface area contributed by atoms with Gasteiger partial charge in [0.1, 0.15) is 11.8 Å². The minimum Gasteiger partial charge on any atom is -0.497 e. The summed E-state index contributed by atoms with van der Waals surface area (Å²) in [4.78, 5) is 12.9. The number of ether oxygens (including phenoxy) is 1. The lowest BCUT2D eigenvalue weighted by atomic mass is 10.0. The molecule has 1 atom stereocenters. The molecule has 2 rings (SSSR count). The summed E-state index contributed by atoms with van der Waals surface area (Å²) < 4.78 is 33.1. The van der Waals surface area contributed by atoms with Crippen LogP contribution in [0.5, 0.6) is 5.75 Å². The second kappa shape index (κ2) is 9.41. The molecule has 1 amide bonds. The summed E-state index contributed by atoms with van der Waals surface area (Å²) >= 11 is 6.00. The van der Waals surface area contributed by atoms with Gasteiger partial charge in [-0.05, 0) is 61.2 Å². The fourth-order valence-electron chi connectivity index (χ4n) is 2.64. The van der Waals surface area contributed by atoms with Crippen molar-refractivity contribution >= 4 is 33.2 Å². The summed E-state index contributed by atoms with van der Waals surface area (Å²) in [6.07, 6.45) is 0.348. The van der Waals surface area contributed by atoms with Crippen LogP contribution in [0.25, 0.3) is 0 Å². The first-order valence-corrected chi connectivity index (χ1v) is 10.7. The van der Waals surface area contributed by atoms with E-state index in [4.69, 9.17) is 16.3 Å². The molecule has 152 valence electrons. The highest BCUT2D eigenvalue weighted by Crippen LogP contribution is 2.22.